The van der Waals surface area contributed by atoms with Crippen LogP contribution in [0.4, 0.5) is 11.4 Å². The Kier molecular flexibility index (Phi) is 3.03. The first kappa shape index (κ1) is 12.2. The lowest BCUT2D eigenvalue weighted by Gasteiger charge is -2.43. The molecule has 4 nitrogen and oxygen atoms in total. The van der Waals surface area contributed by atoms with Gasteiger partial charge in [-0.3, -0.25) is 4.79 Å². The van der Waals surface area contributed by atoms with E-state index in [0.29, 0.717) is 12.2 Å². The molecule has 2 rings (SSSR count). The molecule has 17 heavy (non-hydrogen) atoms. The van der Waals surface area contributed by atoms with Crippen molar-refractivity contribution in [2.75, 3.05) is 23.7 Å². The van der Waals surface area contributed by atoms with Crippen molar-refractivity contribution in [3.63, 3.8) is 0 Å². The highest BCUT2D eigenvalue weighted by Gasteiger charge is 2.38. The maximum Gasteiger partial charge on any atom is 0.245 e. The Bertz CT molecular complexity index is 459. The second-order valence-electron chi connectivity index (χ2n) is 4.67. The maximum atomic E-state index is 11.9. The van der Waals surface area contributed by atoms with Crippen molar-refractivity contribution in [1.82, 2.24) is 5.32 Å². The molecule has 0 saturated carbocycles. The number of halogens is 1. The molecule has 1 aromatic rings. The number of hydrogen-bond donors (Lipinski definition) is 2. The molecule has 1 aliphatic rings. The van der Waals surface area contributed by atoms with Gasteiger partial charge in [-0.05, 0) is 32.0 Å². The van der Waals surface area contributed by atoms with Crippen LogP contribution in [0.25, 0.3) is 0 Å². The van der Waals surface area contributed by atoms with Crippen LogP contribution in [0.3, 0.4) is 0 Å². The van der Waals surface area contributed by atoms with Crippen LogP contribution in [0.15, 0.2) is 22.7 Å². The van der Waals surface area contributed by atoms with E-state index < -0.39 is 5.54 Å². The van der Waals surface area contributed by atoms with Crippen LogP contribution >= 0.6 is 15.9 Å². The first-order valence-electron chi connectivity index (χ1n) is 5.54. The van der Waals surface area contributed by atoms with Gasteiger partial charge in [0, 0.05) is 17.6 Å². The van der Waals surface area contributed by atoms with E-state index in [0.717, 1.165) is 16.7 Å². The van der Waals surface area contributed by atoms with Gasteiger partial charge in [-0.15, -0.1) is 0 Å². The van der Waals surface area contributed by atoms with E-state index >= 15 is 0 Å². The third kappa shape index (κ3) is 2.11. The molecule has 1 fully saturated rings. The van der Waals surface area contributed by atoms with Crippen molar-refractivity contribution in [2.45, 2.75) is 19.4 Å². The van der Waals surface area contributed by atoms with Gasteiger partial charge >= 0.3 is 0 Å². The van der Waals surface area contributed by atoms with Gasteiger partial charge in [0.15, 0.2) is 0 Å². The number of carbonyl (C=O) groups excluding carboxylic acids is 1. The Hall–Kier alpha value is -1.23. The molecule has 0 radical (unpaired) electrons. The minimum absolute atomic E-state index is 0.0307. The minimum Gasteiger partial charge on any atom is -0.397 e. The quantitative estimate of drug-likeness (QED) is 0.777. The summed E-state index contributed by atoms with van der Waals surface area (Å²) in [5, 5.41) is 2.87. The van der Waals surface area contributed by atoms with Crippen molar-refractivity contribution in [2.24, 2.45) is 0 Å². The number of carbonyl (C=O) groups is 1. The normalized spacial score (nSPS) is 19.0. The van der Waals surface area contributed by atoms with E-state index in [1.54, 1.807) is 0 Å². The lowest BCUT2D eigenvalue weighted by atomic mass is 9.97. The third-order valence-corrected chi connectivity index (χ3v) is 3.63. The summed E-state index contributed by atoms with van der Waals surface area (Å²) in [6.45, 7) is 5.22. The molecule has 0 bridgehead atoms. The molecule has 0 aliphatic carbocycles. The number of hydrogen-bond acceptors (Lipinski definition) is 3. The lowest BCUT2D eigenvalue weighted by Crippen LogP contribution is -2.62. The second kappa shape index (κ2) is 4.22. The van der Waals surface area contributed by atoms with Gasteiger partial charge in [0.05, 0.1) is 11.4 Å². The highest BCUT2D eigenvalue weighted by molar-refractivity contribution is 9.10. The molecule has 1 aromatic carbocycles. The number of nitrogens with one attached hydrogen (secondary N) is 1. The first-order valence-corrected chi connectivity index (χ1v) is 6.33. The van der Waals surface area contributed by atoms with Crippen LogP contribution in [-0.2, 0) is 4.79 Å². The molecular weight excluding hydrogens is 282 g/mol. The minimum atomic E-state index is -0.576. The summed E-state index contributed by atoms with van der Waals surface area (Å²) in [4.78, 5) is 13.9. The van der Waals surface area contributed by atoms with Gasteiger partial charge < -0.3 is 16.0 Å². The number of anilines is 2. The van der Waals surface area contributed by atoms with Crippen molar-refractivity contribution < 1.29 is 4.79 Å². The number of piperazine rings is 1. The summed E-state index contributed by atoms with van der Waals surface area (Å²) in [7, 11) is 0. The highest BCUT2D eigenvalue weighted by Crippen LogP contribution is 2.33. The molecule has 3 N–H and O–H groups in total. The highest BCUT2D eigenvalue weighted by atomic mass is 79.9. The van der Waals surface area contributed by atoms with E-state index in [2.05, 4.69) is 21.2 Å². The Morgan fingerprint density at radius 1 is 1.47 bits per heavy atom. The lowest BCUT2D eigenvalue weighted by molar-refractivity contribution is -0.126. The smallest absolute Gasteiger partial charge is 0.245 e. The van der Waals surface area contributed by atoms with Crippen LogP contribution < -0.4 is 16.0 Å². The van der Waals surface area contributed by atoms with E-state index in [4.69, 9.17) is 5.73 Å². The molecule has 0 atom stereocenters. The molecule has 1 heterocycles. The standard InChI is InChI=1S/C12H16BrN3O/c1-12(2)11(17)15-5-6-16(12)10-7-8(13)3-4-9(10)14/h3-4,7H,5-6,14H2,1-2H3,(H,15,17). The SMILES string of the molecule is CC1(C)C(=O)NCCN1c1cc(Br)ccc1N. The van der Waals surface area contributed by atoms with Crippen LogP contribution in [0.2, 0.25) is 0 Å². The molecule has 0 spiro atoms. The summed E-state index contributed by atoms with van der Waals surface area (Å²) in [6.07, 6.45) is 0. The van der Waals surface area contributed by atoms with E-state index in [1.165, 1.54) is 0 Å². The molecule has 1 aliphatic heterocycles. The molecule has 92 valence electrons. The number of nitrogens with two attached hydrogens (primary N) is 1. The fraction of sp³-hybridized carbons (Fsp3) is 0.417. The zero-order valence-electron chi connectivity index (χ0n) is 9.96. The van der Waals surface area contributed by atoms with Crippen molar-refractivity contribution in [3.05, 3.63) is 22.7 Å². The summed E-state index contributed by atoms with van der Waals surface area (Å²) in [6, 6.07) is 5.70. The number of benzene rings is 1. The fourth-order valence-electron chi connectivity index (χ4n) is 2.07. The van der Waals surface area contributed by atoms with Crippen molar-refractivity contribution >= 4 is 33.2 Å². The molecular formula is C12H16BrN3O. The fourth-order valence-corrected chi connectivity index (χ4v) is 2.42. The van der Waals surface area contributed by atoms with E-state index in [1.807, 2.05) is 36.9 Å². The van der Waals surface area contributed by atoms with Gasteiger partial charge in [0.1, 0.15) is 5.54 Å². The third-order valence-electron chi connectivity index (χ3n) is 3.13. The summed E-state index contributed by atoms with van der Waals surface area (Å²) in [5.74, 6) is 0.0307. The molecule has 5 heteroatoms. The number of rotatable bonds is 1. The Morgan fingerprint density at radius 2 is 2.18 bits per heavy atom. The largest absolute Gasteiger partial charge is 0.397 e. The zero-order valence-corrected chi connectivity index (χ0v) is 11.5. The number of amides is 1. The van der Waals surface area contributed by atoms with Gasteiger partial charge in [0.25, 0.3) is 0 Å². The van der Waals surface area contributed by atoms with Crippen LogP contribution in [0.1, 0.15) is 13.8 Å². The van der Waals surface area contributed by atoms with Crippen molar-refractivity contribution in [1.29, 1.82) is 0 Å². The number of nitrogen functional groups attached to an aromatic ring is 1. The van der Waals surface area contributed by atoms with Crippen LogP contribution in [-0.4, -0.2) is 24.5 Å². The average molecular weight is 298 g/mol. The Labute approximate surface area is 109 Å². The first-order chi connectivity index (χ1) is 7.93. The second-order valence-corrected chi connectivity index (χ2v) is 5.59. The Morgan fingerprint density at radius 3 is 2.88 bits per heavy atom. The predicted octanol–water partition coefficient (Wildman–Crippen LogP) is 1.75. The molecule has 0 aromatic heterocycles. The topological polar surface area (TPSA) is 58.4 Å². The van der Waals surface area contributed by atoms with E-state index in [9.17, 15) is 4.79 Å². The predicted molar refractivity (Wildman–Crippen MR) is 73.0 cm³/mol. The van der Waals surface area contributed by atoms with Crippen LogP contribution in [0.5, 0.6) is 0 Å². The number of nitrogens with zero attached hydrogens (tertiary/aromatic N) is 1. The zero-order chi connectivity index (χ0) is 12.6. The monoisotopic (exact) mass is 297 g/mol. The average Bonchev–Trinajstić information content (AvgIpc) is 2.26. The van der Waals surface area contributed by atoms with Crippen LogP contribution in [0, 0.1) is 0 Å². The molecule has 0 unspecified atom stereocenters. The maximum absolute atomic E-state index is 11.9. The summed E-state index contributed by atoms with van der Waals surface area (Å²) in [5.41, 5.74) is 7.01. The van der Waals surface area contributed by atoms with Gasteiger partial charge in [-0.25, -0.2) is 0 Å². The van der Waals surface area contributed by atoms with E-state index in [-0.39, 0.29) is 5.91 Å². The molecule has 1 saturated heterocycles. The molecule has 1 amide bonds. The summed E-state index contributed by atoms with van der Waals surface area (Å²) < 4.78 is 0.962. The van der Waals surface area contributed by atoms with Gasteiger partial charge in [-0.1, -0.05) is 15.9 Å². The Balaban J connectivity index is 2.44. The van der Waals surface area contributed by atoms with Crippen molar-refractivity contribution in [3.8, 4) is 0 Å². The van der Waals surface area contributed by atoms with Gasteiger partial charge in [0.2, 0.25) is 5.91 Å². The van der Waals surface area contributed by atoms with Gasteiger partial charge in [-0.2, -0.15) is 0 Å². The summed E-state index contributed by atoms with van der Waals surface area (Å²) >= 11 is 3.43.